The van der Waals surface area contributed by atoms with Crippen LogP contribution in [0.25, 0.3) is 0 Å². The summed E-state index contributed by atoms with van der Waals surface area (Å²) in [5.41, 5.74) is 5.27. The lowest BCUT2D eigenvalue weighted by Crippen LogP contribution is -2.32. The second kappa shape index (κ2) is 5.36. The first-order chi connectivity index (χ1) is 8.49. The van der Waals surface area contributed by atoms with Gasteiger partial charge >= 0.3 is 0 Å². The molecule has 2 N–H and O–H groups in total. The van der Waals surface area contributed by atoms with Crippen LogP contribution in [0.4, 0.5) is 5.13 Å². The Kier molecular flexibility index (Phi) is 4.01. The van der Waals surface area contributed by atoms with Crippen molar-refractivity contribution in [3.05, 3.63) is 9.98 Å². The summed E-state index contributed by atoms with van der Waals surface area (Å²) in [7, 11) is 1.71. The quantitative estimate of drug-likeness (QED) is 0.916. The van der Waals surface area contributed by atoms with Gasteiger partial charge in [0.15, 0.2) is 5.13 Å². The Bertz CT molecular complexity index is 477. The topological polar surface area (TPSA) is 76.3 Å². The highest BCUT2D eigenvalue weighted by molar-refractivity contribution is 9.11. The standard InChI is InChI=1S/C11H14BrN3O2S/c1-15(11-14-5-8(12)18-11)10(17)7-3-2-6(4-7)9(13)16/h5-7H,2-4H2,1H3,(H2,13,16)/t6-,7+/m0/s1. The summed E-state index contributed by atoms with van der Waals surface area (Å²) in [4.78, 5) is 29.0. The Morgan fingerprint density at radius 1 is 1.50 bits per heavy atom. The van der Waals surface area contributed by atoms with E-state index in [1.165, 1.54) is 11.3 Å². The Morgan fingerprint density at radius 2 is 2.17 bits per heavy atom. The van der Waals surface area contributed by atoms with Gasteiger partial charge in [0.05, 0.1) is 9.98 Å². The number of hydrogen-bond acceptors (Lipinski definition) is 4. The van der Waals surface area contributed by atoms with E-state index < -0.39 is 0 Å². The number of carbonyl (C=O) groups excluding carboxylic acids is 2. The maximum Gasteiger partial charge on any atom is 0.231 e. The van der Waals surface area contributed by atoms with E-state index in [-0.39, 0.29) is 23.7 Å². The van der Waals surface area contributed by atoms with Crippen LogP contribution in [0.1, 0.15) is 19.3 Å². The molecule has 0 unspecified atom stereocenters. The van der Waals surface area contributed by atoms with E-state index in [2.05, 4.69) is 20.9 Å². The number of anilines is 1. The molecule has 0 aromatic carbocycles. The van der Waals surface area contributed by atoms with E-state index in [0.29, 0.717) is 18.0 Å². The lowest BCUT2D eigenvalue weighted by atomic mass is 10.0. The van der Waals surface area contributed by atoms with E-state index in [1.807, 2.05) is 0 Å². The molecule has 1 aromatic rings. The molecule has 5 nitrogen and oxygen atoms in total. The van der Waals surface area contributed by atoms with Crippen molar-refractivity contribution in [3.8, 4) is 0 Å². The summed E-state index contributed by atoms with van der Waals surface area (Å²) in [5, 5.41) is 0.661. The van der Waals surface area contributed by atoms with E-state index in [0.717, 1.165) is 10.2 Å². The Labute approximate surface area is 117 Å². The Balaban J connectivity index is 2.02. The van der Waals surface area contributed by atoms with Crippen molar-refractivity contribution >= 4 is 44.2 Å². The van der Waals surface area contributed by atoms with Crippen LogP contribution in [0.2, 0.25) is 0 Å². The number of nitrogens with zero attached hydrogens (tertiary/aromatic N) is 2. The number of thiazole rings is 1. The number of nitrogens with two attached hydrogens (primary N) is 1. The average molecular weight is 332 g/mol. The third-order valence-corrected chi connectivity index (χ3v) is 4.82. The van der Waals surface area contributed by atoms with Crippen molar-refractivity contribution in [2.45, 2.75) is 19.3 Å². The molecule has 98 valence electrons. The molecule has 2 rings (SSSR count). The van der Waals surface area contributed by atoms with Crippen molar-refractivity contribution in [1.29, 1.82) is 0 Å². The highest BCUT2D eigenvalue weighted by Crippen LogP contribution is 2.34. The van der Waals surface area contributed by atoms with Crippen LogP contribution in [-0.2, 0) is 9.59 Å². The van der Waals surface area contributed by atoms with Gasteiger partial charge in [0, 0.05) is 18.9 Å². The fraction of sp³-hybridized carbons (Fsp3) is 0.545. The zero-order valence-electron chi connectivity index (χ0n) is 9.93. The molecule has 1 fully saturated rings. The van der Waals surface area contributed by atoms with Crippen molar-refractivity contribution in [2.24, 2.45) is 17.6 Å². The number of aromatic nitrogens is 1. The SMILES string of the molecule is CN(C(=O)[C@@H]1CC[C@H](C(N)=O)C1)c1ncc(Br)s1. The number of primary amides is 1. The molecule has 1 heterocycles. The lowest BCUT2D eigenvalue weighted by molar-refractivity contribution is -0.123. The van der Waals surface area contributed by atoms with Gasteiger partial charge in [-0.1, -0.05) is 11.3 Å². The molecule has 0 bridgehead atoms. The van der Waals surface area contributed by atoms with Gasteiger partial charge in [-0.15, -0.1) is 0 Å². The van der Waals surface area contributed by atoms with Crippen molar-refractivity contribution < 1.29 is 9.59 Å². The molecule has 0 aliphatic heterocycles. The molecule has 0 saturated heterocycles. The first-order valence-corrected chi connectivity index (χ1v) is 7.28. The molecule has 1 saturated carbocycles. The smallest absolute Gasteiger partial charge is 0.231 e. The molecule has 1 aromatic heterocycles. The summed E-state index contributed by atoms with van der Waals surface area (Å²) >= 11 is 4.73. The van der Waals surface area contributed by atoms with Crippen LogP contribution in [0.5, 0.6) is 0 Å². The van der Waals surface area contributed by atoms with E-state index in [4.69, 9.17) is 5.73 Å². The number of halogens is 1. The number of rotatable bonds is 3. The molecular formula is C11H14BrN3O2S. The molecule has 2 atom stereocenters. The molecule has 2 amide bonds. The zero-order valence-corrected chi connectivity index (χ0v) is 12.3. The van der Waals surface area contributed by atoms with E-state index >= 15 is 0 Å². The molecule has 7 heteroatoms. The molecule has 1 aliphatic carbocycles. The summed E-state index contributed by atoms with van der Waals surface area (Å²) in [6, 6.07) is 0. The van der Waals surface area contributed by atoms with Gasteiger partial charge in [0.1, 0.15) is 0 Å². The fourth-order valence-electron chi connectivity index (χ4n) is 2.23. The van der Waals surface area contributed by atoms with Crippen LogP contribution in [0, 0.1) is 11.8 Å². The zero-order chi connectivity index (χ0) is 13.3. The molecule has 18 heavy (non-hydrogen) atoms. The second-order valence-corrected chi connectivity index (χ2v) is 6.84. The van der Waals surface area contributed by atoms with Crippen LogP contribution < -0.4 is 10.6 Å². The van der Waals surface area contributed by atoms with Crippen molar-refractivity contribution in [2.75, 3.05) is 11.9 Å². The van der Waals surface area contributed by atoms with Gasteiger partial charge in [-0.2, -0.15) is 0 Å². The summed E-state index contributed by atoms with van der Waals surface area (Å²) in [6.07, 6.45) is 3.67. The maximum atomic E-state index is 12.2. The fourth-order valence-corrected chi connectivity index (χ4v) is 3.38. The maximum absolute atomic E-state index is 12.2. The second-order valence-electron chi connectivity index (χ2n) is 4.45. The third kappa shape index (κ3) is 2.72. The van der Waals surface area contributed by atoms with Gasteiger partial charge < -0.3 is 5.73 Å². The van der Waals surface area contributed by atoms with Crippen molar-refractivity contribution in [1.82, 2.24) is 4.98 Å². The van der Waals surface area contributed by atoms with Gasteiger partial charge in [0.2, 0.25) is 11.8 Å². The van der Waals surface area contributed by atoms with Crippen LogP contribution in [0.15, 0.2) is 9.98 Å². The molecule has 1 aliphatic rings. The molecule has 0 radical (unpaired) electrons. The molecule has 0 spiro atoms. The first-order valence-electron chi connectivity index (χ1n) is 5.67. The van der Waals surface area contributed by atoms with E-state index in [9.17, 15) is 9.59 Å². The minimum atomic E-state index is -0.301. The van der Waals surface area contributed by atoms with Crippen LogP contribution in [0.3, 0.4) is 0 Å². The minimum Gasteiger partial charge on any atom is -0.369 e. The van der Waals surface area contributed by atoms with Crippen LogP contribution >= 0.6 is 27.3 Å². The first kappa shape index (κ1) is 13.5. The summed E-state index contributed by atoms with van der Waals surface area (Å²) < 4.78 is 0.888. The monoisotopic (exact) mass is 331 g/mol. The van der Waals surface area contributed by atoms with Gasteiger partial charge in [-0.05, 0) is 35.2 Å². The highest BCUT2D eigenvalue weighted by Gasteiger charge is 2.34. The third-order valence-electron chi connectivity index (χ3n) is 3.27. The predicted octanol–water partition coefficient (Wildman–Crippen LogP) is 1.77. The van der Waals surface area contributed by atoms with Crippen molar-refractivity contribution in [3.63, 3.8) is 0 Å². The van der Waals surface area contributed by atoms with Gasteiger partial charge in [0.25, 0.3) is 0 Å². The number of hydrogen-bond donors (Lipinski definition) is 1. The predicted molar refractivity (Wildman–Crippen MR) is 73.2 cm³/mol. The van der Waals surface area contributed by atoms with E-state index in [1.54, 1.807) is 18.1 Å². The summed E-state index contributed by atoms with van der Waals surface area (Å²) in [5.74, 6) is -0.559. The Hall–Kier alpha value is -0.950. The minimum absolute atomic E-state index is 0.0144. The summed E-state index contributed by atoms with van der Waals surface area (Å²) in [6.45, 7) is 0. The highest BCUT2D eigenvalue weighted by atomic mass is 79.9. The van der Waals surface area contributed by atoms with Gasteiger partial charge in [-0.25, -0.2) is 4.98 Å². The van der Waals surface area contributed by atoms with Gasteiger partial charge in [-0.3, -0.25) is 14.5 Å². The van der Waals surface area contributed by atoms with Crippen LogP contribution in [-0.4, -0.2) is 23.8 Å². The number of amides is 2. The number of carbonyl (C=O) groups is 2. The normalized spacial score (nSPS) is 23.0. The Morgan fingerprint density at radius 3 is 2.67 bits per heavy atom. The average Bonchev–Trinajstić information content (AvgIpc) is 2.95. The largest absolute Gasteiger partial charge is 0.369 e. The molecular weight excluding hydrogens is 318 g/mol. The lowest BCUT2D eigenvalue weighted by Gasteiger charge is -2.18.